The van der Waals surface area contributed by atoms with Gasteiger partial charge in [-0.1, -0.05) is 13.8 Å². The van der Waals surface area contributed by atoms with Crippen LogP contribution >= 0.6 is 0 Å². The molecule has 0 aliphatic rings. The topological polar surface area (TPSA) is 60.1 Å². The van der Waals surface area contributed by atoms with Gasteiger partial charge in [-0.2, -0.15) is 0 Å². The molecule has 23 heavy (non-hydrogen) atoms. The number of hydrogen-bond acceptors (Lipinski definition) is 5. The SMILES string of the molecule is CCNCCCCNCCCNCCCNCCCCNCC. The second-order valence-electron chi connectivity index (χ2n) is 6.08. The summed E-state index contributed by atoms with van der Waals surface area (Å²) in [4.78, 5) is 0. The quantitative estimate of drug-likeness (QED) is 0.218. The van der Waals surface area contributed by atoms with E-state index in [1.165, 1.54) is 38.5 Å². The fourth-order valence-electron chi connectivity index (χ4n) is 2.41. The van der Waals surface area contributed by atoms with Gasteiger partial charge >= 0.3 is 0 Å². The summed E-state index contributed by atoms with van der Waals surface area (Å²) < 4.78 is 0. The Morgan fingerprint density at radius 3 is 0.913 bits per heavy atom. The monoisotopic (exact) mass is 329 g/mol. The third-order valence-corrected chi connectivity index (χ3v) is 3.83. The zero-order chi connectivity index (χ0) is 16.8. The molecular weight excluding hydrogens is 286 g/mol. The minimum atomic E-state index is 1.09. The van der Waals surface area contributed by atoms with Crippen LogP contribution in [0.2, 0.25) is 0 Å². The van der Waals surface area contributed by atoms with Crippen molar-refractivity contribution in [3.63, 3.8) is 0 Å². The highest BCUT2D eigenvalue weighted by molar-refractivity contribution is 4.56. The van der Waals surface area contributed by atoms with Gasteiger partial charge in [0.15, 0.2) is 0 Å². The van der Waals surface area contributed by atoms with E-state index in [0.717, 1.165) is 65.4 Å². The summed E-state index contributed by atoms with van der Waals surface area (Å²) in [5.41, 5.74) is 0. The van der Waals surface area contributed by atoms with Gasteiger partial charge in [-0.05, 0) is 104 Å². The fraction of sp³-hybridized carbons (Fsp3) is 1.00. The Morgan fingerprint density at radius 1 is 0.348 bits per heavy atom. The Labute approximate surface area is 145 Å². The van der Waals surface area contributed by atoms with Gasteiger partial charge < -0.3 is 26.6 Å². The van der Waals surface area contributed by atoms with Crippen LogP contribution in [0.5, 0.6) is 0 Å². The zero-order valence-electron chi connectivity index (χ0n) is 15.8. The number of rotatable bonds is 20. The average Bonchev–Trinajstić information content (AvgIpc) is 2.57. The molecule has 0 bridgehead atoms. The van der Waals surface area contributed by atoms with Crippen molar-refractivity contribution in [2.24, 2.45) is 0 Å². The molecule has 0 radical (unpaired) electrons. The smallest absolute Gasteiger partial charge is 0.00368 e. The van der Waals surface area contributed by atoms with Crippen LogP contribution in [0, 0.1) is 0 Å². The third-order valence-electron chi connectivity index (χ3n) is 3.83. The normalized spacial score (nSPS) is 11.2. The molecule has 5 nitrogen and oxygen atoms in total. The van der Waals surface area contributed by atoms with Crippen molar-refractivity contribution in [1.82, 2.24) is 26.6 Å². The van der Waals surface area contributed by atoms with Crippen LogP contribution in [-0.2, 0) is 0 Å². The number of nitrogens with one attached hydrogen (secondary N) is 5. The molecule has 5 heteroatoms. The van der Waals surface area contributed by atoms with E-state index in [0.29, 0.717) is 0 Å². The predicted octanol–water partition coefficient (Wildman–Crippen LogP) is 1.31. The van der Waals surface area contributed by atoms with Crippen LogP contribution in [0.4, 0.5) is 0 Å². The molecule has 0 spiro atoms. The molecular formula is C18H43N5. The average molecular weight is 330 g/mol. The Balaban J connectivity index is 2.92. The zero-order valence-corrected chi connectivity index (χ0v) is 15.8. The van der Waals surface area contributed by atoms with Gasteiger partial charge in [0.05, 0.1) is 0 Å². The first-order valence-corrected chi connectivity index (χ1v) is 9.95. The molecule has 0 heterocycles. The molecule has 0 saturated heterocycles. The number of unbranched alkanes of at least 4 members (excludes halogenated alkanes) is 2. The Morgan fingerprint density at radius 2 is 0.609 bits per heavy atom. The first-order chi connectivity index (χ1) is 11.4. The first kappa shape index (κ1) is 22.8. The van der Waals surface area contributed by atoms with Gasteiger partial charge in [0.25, 0.3) is 0 Å². The van der Waals surface area contributed by atoms with Crippen LogP contribution in [-0.4, -0.2) is 65.4 Å². The summed E-state index contributed by atoms with van der Waals surface area (Å²) in [6.45, 7) is 15.7. The maximum Gasteiger partial charge on any atom is -0.00368 e. The lowest BCUT2D eigenvalue weighted by Gasteiger charge is -2.08. The molecule has 0 aromatic carbocycles. The van der Waals surface area contributed by atoms with Crippen molar-refractivity contribution in [1.29, 1.82) is 0 Å². The van der Waals surface area contributed by atoms with E-state index >= 15 is 0 Å². The Kier molecular flexibility index (Phi) is 21.6. The molecule has 5 N–H and O–H groups in total. The maximum absolute atomic E-state index is 3.52. The first-order valence-electron chi connectivity index (χ1n) is 9.95. The minimum Gasteiger partial charge on any atom is -0.317 e. The van der Waals surface area contributed by atoms with Gasteiger partial charge in [0, 0.05) is 0 Å². The summed E-state index contributed by atoms with van der Waals surface area (Å²) in [5, 5.41) is 17.3. The summed E-state index contributed by atoms with van der Waals surface area (Å²) >= 11 is 0. The van der Waals surface area contributed by atoms with Crippen LogP contribution < -0.4 is 26.6 Å². The van der Waals surface area contributed by atoms with Crippen molar-refractivity contribution in [2.75, 3.05) is 65.4 Å². The maximum atomic E-state index is 3.52. The molecule has 0 unspecified atom stereocenters. The molecule has 0 saturated carbocycles. The van der Waals surface area contributed by atoms with E-state index in [2.05, 4.69) is 40.4 Å². The number of hydrogen-bond donors (Lipinski definition) is 5. The van der Waals surface area contributed by atoms with E-state index in [4.69, 9.17) is 0 Å². The molecule has 0 atom stereocenters. The third kappa shape index (κ3) is 21.8. The molecule has 140 valence electrons. The molecule has 0 aliphatic heterocycles. The van der Waals surface area contributed by atoms with Crippen molar-refractivity contribution in [3.05, 3.63) is 0 Å². The summed E-state index contributed by atoms with van der Waals surface area (Å²) in [6, 6.07) is 0. The lowest BCUT2D eigenvalue weighted by atomic mass is 10.3. The van der Waals surface area contributed by atoms with Crippen molar-refractivity contribution in [3.8, 4) is 0 Å². The Bertz CT molecular complexity index is 182. The molecule has 0 fully saturated rings. The van der Waals surface area contributed by atoms with Crippen LogP contribution in [0.1, 0.15) is 52.4 Å². The van der Waals surface area contributed by atoms with E-state index in [1.807, 2.05) is 0 Å². The van der Waals surface area contributed by atoms with Gasteiger partial charge in [-0.15, -0.1) is 0 Å². The van der Waals surface area contributed by atoms with E-state index < -0.39 is 0 Å². The molecule has 0 rings (SSSR count). The standard InChI is InChI=1S/C18H43N5/c1-3-19-11-5-7-13-21-15-9-17-23-18-10-16-22-14-8-6-12-20-4-2/h19-23H,3-18H2,1-2H3. The van der Waals surface area contributed by atoms with Crippen molar-refractivity contribution in [2.45, 2.75) is 52.4 Å². The summed E-state index contributed by atoms with van der Waals surface area (Å²) in [7, 11) is 0. The van der Waals surface area contributed by atoms with Gasteiger partial charge in [0.2, 0.25) is 0 Å². The van der Waals surface area contributed by atoms with E-state index in [9.17, 15) is 0 Å². The Hall–Kier alpha value is -0.200. The molecule has 0 amide bonds. The highest BCUT2D eigenvalue weighted by atomic mass is 14.9. The molecule has 0 aliphatic carbocycles. The van der Waals surface area contributed by atoms with Gasteiger partial charge in [-0.25, -0.2) is 0 Å². The molecule has 0 aromatic rings. The van der Waals surface area contributed by atoms with Gasteiger partial charge in [-0.3, -0.25) is 0 Å². The van der Waals surface area contributed by atoms with E-state index in [-0.39, 0.29) is 0 Å². The molecule has 0 aromatic heterocycles. The predicted molar refractivity (Wildman–Crippen MR) is 103 cm³/mol. The minimum absolute atomic E-state index is 1.09. The van der Waals surface area contributed by atoms with Crippen LogP contribution in [0.3, 0.4) is 0 Å². The van der Waals surface area contributed by atoms with Crippen molar-refractivity contribution >= 4 is 0 Å². The summed E-state index contributed by atoms with van der Waals surface area (Å²) in [6.07, 6.45) is 7.57. The van der Waals surface area contributed by atoms with Gasteiger partial charge in [0.1, 0.15) is 0 Å². The van der Waals surface area contributed by atoms with Crippen molar-refractivity contribution < 1.29 is 0 Å². The van der Waals surface area contributed by atoms with Crippen LogP contribution in [0.15, 0.2) is 0 Å². The van der Waals surface area contributed by atoms with Crippen LogP contribution in [0.25, 0.3) is 0 Å². The fourth-order valence-corrected chi connectivity index (χ4v) is 2.41. The van der Waals surface area contributed by atoms with E-state index in [1.54, 1.807) is 0 Å². The summed E-state index contributed by atoms with van der Waals surface area (Å²) in [5.74, 6) is 0. The lowest BCUT2D eigenvalue weighted by Crippen LogP contribution is -2.26. The second kappa shape index (κ2) is 21.8. The second-order valence-corrected chi connectivity index (χ2v) is 6.08. The highest BCUT2D eigenvalue weighted by Gasteiger charge is 1.92. The lowest BCUT2D eigenvalue weighted by molar-refractivity contribution is 0.542. The highest BCUT2D eigenvalue weighted by Crippen LogP contribution is 1.86. The largest absolute Gasteiger partial charge is 0.317 e.